The molecule has 0 bridgehead atoms. The molecule has 0 saturated heterocycles. The van der Waals surface area contributed by atoms with Crippen LogP contribution in [-0.4, -0.2) is 65.7 Å². The van der Waals surface area contributed by atoms with Crippen LogP contribution in [0.1, 0.15) is 6.42 Å². The van der Waals surface area contributed by atoms with Crippen molar-refractivity contribution in [1.29, 1.82) is 0 Å². The number of hydrogen-bond donors (Lipinski definition) is 0. The van der Waals surface area contributed by atoms with Gasteiger partial charge in [0.05, 0.1) is 26.9 Å². The number of methoxy groups -OCH3 is 3. The van der Waals surface area contributed by atoms with Gasteiger partial charge in [-0.25, -0.2) is 0 Å². The average Bonchev–Trinajstić information content (AvgIpc) is 2.53. The van der Waals surface area contributed by atoms with Gasteiger partial charge in [0.15, 0.2) is 11.5 Å². The molecule has 0 aromatic heterocycles. The van der Waals surface area contributed by atoms with E-state index in [4.69, 9.17) is 18.9 Å². The van der Waals surface area contributed by atoms with Crippen molar-refractivity contribution in [3.63, 3.8) is 0 Å². The van der Waals surface area contributed by atoms with Gasteiger partial charge in [-0.15, -0.1) is 0 Å². The van der Waals surface area contributed by atoms with Gasteiger partial charge >= 0.3 is 0 Å². The first-order valence-corrected chi connectivity index (χ1v) is 7.28. The van der Waals surface area contributed by atoms with Crippen molar-refractivity contribution < 1.29 is 18.9 Å². The molecule has 0 aliphatic heterocycles. The first-order chi connectivity index (χ1) is 10.3. The van der Waals surface area contributed by atoms with Crippen LogP contribution < -0.4 is 9.47 Å². The molecule has 0 aliphatic carbocycles. The predicted octanol–water partition coefficient (Wildman–Crippen LogP) is 2.06. The van der Waals surface area contributed by atoms with Crippen LogP contribution in [0.5, 0.6) is 11.5 Å². The zero-order chi connectivity index (χ0) is 15.3. The van der Waals surface area contributed by atoms with Crippen LogP contribution >= 0.6 is 0 Å². The predicted molar refractivity (Wildman–Crippen MR) is 83.3 cm³/mol. The summed E-state index contributed by atoms with van der Waals surface area (Å²) in [5.74, 6) is 1.56. The maximum Gasteiger partial charge on any atom is 0.161 e. The topological polar surface area (TPSA) is 40.2 Å². The van der Waals surface area contributed by atoms with Crippen molar-refractivity contribution in [1.82, 2.24) is 4.90 Å². The minimum Gasteiger partial charge on any atom is -0.493 e. The lowest BCUT2D eigenvalue weighted by atomic mass is 10.3. The fourth-order valence-corrected chi connectivity index (χ4v) is 1.98. The molecule has 21 heavy (non-hydrogen) atoms. The Morgan fingerprint density at radius 3 is 2.00 bits per heavy atom. The lowest BCUT2D eigenvalue weighted by Gasteiger charge is -2.21. The van der Waals surface area contributed by atoms with E-state index in [1.807, 2.05) is 24.3 Å². The molecule has 1 aromatic rings. The molecule has 0 unspecified atom stereocenters. The Labute approximate surface area is 127 Å². The Balaban J connectivity index is 2.29. The zero-order valence-corrected chi connectivity index (χ0v) is 13.3. The lowest BCUT2D eigenvalue weighted by molar-refractivity contribution is 0.110. The lowest BCUT2D eigenvalue weighted by Crippen LogP contribution is -2.32. The van der Waals surface area contributed by atoms with Gasteiger partial charge in [-0.2, -0.15) is 0 Å². The average molecular weight is 297 g/mol. The molecule has 1 rings (SSSR count). The molecule has 0 spiro atoms. The van der Waals surface area contributed by atoms with E-state index in [1.54, 1.807) is 21.3 Å². The zero-order valence-electron chi connectivity index (χ0n) is 13.3. The molecule has 5 heteroatoms. The van der Waals surface area contributed by atoms with Gasteiger partial charge in [-0.1, -0.05) is 12.1 Å². The summed E-state index contributed by atoms with van der Waals surface area (Å²) in [5, 5.41) is 0. The summed E-state index contributed by atoms with van der Waals surface area (Å²) in [4.78, 5) is 2.32. The summed E-state index contributed by atoms with van der Waals surface area (Å²) >= 11 is 0. The van der Waals surface area contributed by atoms with Crippen molar-refractivity contribution in [3.05, 3.63) is 24.3 Å². The summed E-state index contributed by atoms with van der Waals surface area (Å²) < 4.78 is 21.3. The summed E-state index contributed by atoms with van der Waals surface area (Å²) in [6.07, 6.45) is 0.950. The summed E-state index contributed by atoms with van der Waals surface area (Å²) in [6, 6.07) is 7.70. The second-order valence-electron chi connectivity index (χ2n) is 4.68. The number of nitrogens with zero attached hydrogens (tertiary/aromatic N) is 1. The van der Waals surface area contributed by atoms with E-state index >= 15 is 0 Å². The molecule has 0 aliphatic rings. The minimum absolute atomic E-state index is 0.664. The van der Waals surface area contributed by atoms with Crippen LogP contribution in [0.4, 0.5) is 0 Å². The van der Waals surface area contributed by atoms with Crippen LogP contribution in [-0.2, 0) is 9.47 Å². The van der Waals surface area contributed by atoms with Crippen molar-refractivity contribution >= 4 is 0 Å². The van der Waals surface area contributed by atoms with Gasteiger partial charge in [0.2, 0.25) is 0 Å². The molecule has 0 fully saturated rings. The highest BCUT2D eigenvalue weighted by Gasteiger charge is 2.06. The molecule has 0 heterocycles. The molecule has 0 atom stereocenters. The van der Waals surface area contributed by atoms with Crippen LogP contribution in [0.3, 0.4) is 0 Å². The van der Waals surface area contributed by atoms with Gasteiger partial charge in [0.25, 0.3) is 0 Å². The van der Waals surface area contributed by atoms with E-state index in [0.29, 0.717) is 6.61 Å². The highest BCUT2D eigenvalue weighted by Crippen LogP contribution is 2.25. The van der Waals surface area contributed by atoms with Crippen LogP contribution in [0.25, 0.3) is 0 Å². The fraction of sp³-hybridized carbons (Fsp3) is 0.625. The Morgan fingerprint density at radius 2 is 1.43 bits per heavy atom. The second kappa shape index (κ2) is 11.4. The largest absolute Gasteiger partial charge is 0.493 e. The Kier molecular flexibility index (Phi) is 9.61. The normalized spacial score (nSPS) is 10.9. The molecular weight excluding hydrogens is 270 g/mol. The van der Waals surface area contributed by atoms with E-state index in [2.05, 4.69) is 4.90 Å². The number of para-hydroxylation sites is 2. The molecular formula is C16H27NO4. The van der Waals surface area contributed by atoms with Gasteiger partial charge in [0.1, 0.15) is 0 Å². The third kappa shape index (κ3) is 7.32. The van der Waals surface area contributed by atoms with E-state index in [1.165, 1.54) is 0 Å². The Morgan fingerprint density at radius 1 is 0.810 bits per heavy atom. The van der Waals surface area contributed by atoms with Gasteiger partial charge in [-0.05, 0) is 18.6 Å². The third-order valence-corrected chi connectivity index (χ3v) is 3.17. The van der Waals surface area contributed by atoms with Crippen LogP contribution in [0.15, 0.2) is 24.3 Å². The molecule has 0 amide bonds. The quantitative estimate of drug-likeness (QED) is 0.552. The third-order valence-electron chi connectivity index (χ3n) is 3.17. The highest BCUT2D eigenvalue weighted by molar-refractivity contribution is 5.39. The first-order valence-electron chi connectivity index (χ1n) is 7.28. The second-order valence-corrected chi connectivity index (χ2v) is 4.68. The van der Waals surface area contributed by atoms with E-state index < -0.39 is 0 Å². The SMILES string of the molecule is COCCN(CCCOc1ccccc1OC)CCOC. The monoisotopic (exact) mass is 297 g/mol. The molecule has 5 nitrogen and oxygen atoms in total. The van der Waals surface area contributed by atoms with E-state index in [-0.39, 0.29) is 0 Å². The van der Waals surface area contributed by atoms with Gasteiger partial charge < -0.3 is 18.9 Å². The Hall–Kier alpha value is -1.30. The Bertz CT molecular complexity index is 365. The first kappa shape index (κ1) is 17.8. The van der Waals surface area contributed by atoms with E-state index in [9.17, 15) is 0 Å². The highest BCUT2D eigenvalue weighted by atomic mass is 16.5. The number of rotatable bonds is 12. The molecule has 0 radical (unpaired) electrons. The summed E-state index contributed by atoms with van der Waals surface area (Å²) in [5.41, 5.74) is 0. The number of benzene rings is 1. The van der Waals surface area contributed by atoms with Crippen molar-refractivity contribution in [2.45, 2.75) is 6.42 Å². The van der Waals surface area contributed by atoms with Gasteiger partial charge in [-0.3, -0.25) is 4.90 Å². The molecule has 0 saturated carbocycles. The number of ether oxygens (including phenoxy) is 4. The molecule has 1 aromatic carbocycles. The van der Waals surface area contributed by atoms with Crippen molar-refractivity contribution in [2.24, 2.45) is 0 Å². The van der Waals surface area contributed by atoms with Gasteiger partial charge in [0, 0.05) is 33.9 Å². The maximum absolute atomic E-state index is 5.77. The minimum atomic E-state index is 0.664. The maximum atomic E-state index is 5.77. The molecule has 0 N–H and O–H groups in total. The standard InChI is InChI=1S/C16H27NO4/c1-18-13-10-17(11-14-19-2)9-6-12-21-16-8-5-4-7-15(16)20-3/h4-5,7-8H,6,9-14H2,1-3H3. The van der Waals surface area contributed by atoms with Crippen molar-refractivity contribution in [2.75, 3.05) is 60.8 Å². The number of hydrogen-bond acceptors (Lipinski definition) is 5. The molecule has 120 valence electrons. The van der Waals surface area contributed by atoms with Crippen LogP contribution in [0.2, 0.25) is 0 Å². The fourth-order valence-electron chi connectivity index (χ4n) is 1.98. The smallest absolute Gasteiger partial charge is 0.161 e. The van der Waals surface area contributed by atoms with Crippen LogP contribution in [0, 0.1) is 0 Å². The van der Waals surface area contributed by atoms with Crippen molar-refractivity contribution in [3.8, 4) is 11.5 Å². The summed E-state index contributed by atoms with van der Waals surface area (Å²) in [6.45, 7) is 4.91. The van der Waals surface area contributed by atoms with E-state index in [0.717, 1.165) is 50.8 Å². The summed E-state index contributed by atoms with van der Waals surface area (Å²) in [7, 11) is 5.10.